The molecular weight excluding hydrogens is 312 g/mol. The third-order valence-electron chi connectivity index (χ3n) is 4.40. The van der Waals surface area contributed by atoms with Crippen LogP contribution < -0.4 is 5.32 Å². The van der Waals surface area contributed by atoms with Crippen molar-refractivity contribution in [3.63, 3.8) is 0 Å². The summed E-state index contributed by atoms with van der Waals surface area (Å²) in [6.07, 6.45) is 0.335. The van der Waals surface area contributed by atoms with Crippen LogP contribution in [0.5, 0.6) is 0 Å². The van der Waals surface area contributed by atoms with Crippen LogP contribution in [0.2, 0.25) is 0 Å². The van der Waals surface area contributed by atoms with Gasteiger partial charge in [0.25, 0.3) is 5.91 Å². The molecule has 2 aromatic rings. The summed E-state index contributed by atoms with van der Waals surface area (Å²) in [5.74, 6) is -0.0518. The smallest absolute Gasteiger partial charge is 0.253 e. The molecule has 25 heavy (non-hydrogen) atoms. The Balaban J connectivity index is 1.99. The molecule has 2 aromatic carbocycles. The molecule has 0 fully saturated rings. The molecule has 0 saturated carbocycles. The second-order valence-corrected chi connectivity index (χ2v) is 6.20. The van der Waals surface area contributed by atoms with Crippen molar-refractivity contribution in [3.8, 4) is 0 Å². The zero-order valence-electron chi connectivity index (χ0n) is 15.4. The highest BCUT2D eigenvalue weighted by molar-refractivity contribution is 5.96. The van der Waals surface area contributed by atoms with Gasteiger partial charge in [-0.05, 0) is 68.7 Å². The number of hydrogen-bond acceptors (Lipinski definition) is 2. The molecule has 0 unspecified atom stereocenters. The number of aryl methyl sites for hydroxylation is 2. The largest absolute Gasteiger partial charge is 0.339 e. The highest BCUT2D eigenvalue weighted by Crippen LogP contribution is 2.14. The minimum Gasteiger partial charge on any atom is -0.339 e. The van der Waals surface area contributed by atoms with E-state index in [9.17, 15) is 9.59 Å². The Hall–Kier alpha value is -2.62. The third kappa shape index (κ3) is 4.92. The van der Waals surface area contributed by atoms with Crippen molar-refractivity contribution in [1.82, 2.24) is 4.90 Å². The fraction of sp³-hybridized carbons (Fsp3) is 0.333. The van der Waals surface area contributed by atoms with Gasteiger partial charge >= 0.3 is 0 Å². The fourth-order valence-corrected chi connectivity index (χ4v) is 2.69. The van der Waals surface area contributed by atoms with Crippen LogP contribution in [0.4, 0.5) is 5.69 Å². The molecule has 1 N–H and O–H groups in total. The Morgan fingerprint density at radius 1 is 0.920 bits per heavy atom. The van der Waals surface area contributed by atoms with Gasteiger partial charge in [-0.3, -0.25) is 9.59 Å². The molecule has 2 amide bonds. The van der Waals surface area contributed by atoms with E-state index >= 15 is 0 Å². The number of carbonyl (C=O) groups is 2. The van der Waals surface area contributed by atoms with Gasteiger partial charge in [0.2, 0.25) is 5.91 Å². The van der Waals surface area contributed by atoms with Crippen LogP contribution >= 0.6 is 0 Å². The molecule has 4 heteroatoms. The number of nitrogens with zero attached hydrogens (tertiary/aromatic N) is 1. The number of rotatable bonds is 6. The number of benzene rings is 2. The maximum atomic E-state index is 12.3. The molecule has 4 nitrogen and oxygen atoms in total. The molecule has 0 saturated heterocycles. The Morgan fingerprint density at radius 3 is 2.12 bits per heavy atom. The first-order valence-corrected chi connectivity index (χ1v) is 8.70. The van der Waals surface area contributed by atoms with Crippen molar-refractivity contribution < 1.29 is 9.59 Å². The van der Waals surface area contributed by atoms with Gasteiger partial charge in [-0.2, -0.15) is 0 Å². The standard InChI is InChI=1S/C21H26N2O2/c1-5-23(6-2)21(25)18-9-11-19(12-10-18)22-20(24)14-17-8-7-15(3)16(4)13-17/h7-13H,5-6,14H2,1-4H3,(H,22,24). The monoisotopic (exact) mass is 338 g/mol. The van der Waals surface area contributed by atoms with Gasteiger partial charge in [-0.15, -0.1) is 0 Å². The topological polar surface area (TPSA) is 49.4 Å². The second-order valence-electron chi connectivity index (χ2n) is 6.20. The van der Waals surface area contributed by atoms with Crippen molar-refractivity contribution in [2.45, 2.75) is 34.1 Å². The highest BCUT2D eigenvalue weighted by atomic mass is 16.2. The number of carbonyl (C=O) groups excluding carboxylic acids is 2. The Bertz CT molecular complexity index is 747. The zero-order valence-corrected chi connectivity index (χ0v) is 15.4. The van der Waals surface area contributed by atoms with Crippen molar-refractivity contribution in [2.75, 3.05) is 18.4 Å². The van der Waals surface area contributed by atoms with Crippen molar-refractivity contribution in [3.05, 3.63) is 64.7 Å². The van der Waals surface area contributed by atoms with Gasteiger partial charge in [0.05, 0.1) is 6.42 Å². The van der Waals surface area contributed by atoms with Crippen LogP contribution in [0.1, 0.15) is 40.9 Å². The molecule has 0 radical (unpaired) electrons. The highest BCUT2D eigenvalue weighted by Gasteiger charge is 2.12. The first-order chi connectivity index (χ1) is 11.9. The Morgan fingerprint density at radius 2 is 1.56 bits per heavy atom. The molecule has 0 spiro atoms. The van der Waals surface area contributed by atoms with Gasteiger partial charge in [-0.1, -0.05) is 18.2 Å². The predicted molar refractivity (Wildman–Crippen MR) is 102 cm³/mol. The van der Waals surface area contributed by atoms with E-state index in [1.54, 1.807) is 29.2 Å². The van der Waals surface area contributed by atoms with Crippen LogP contribution in [0.3, 0.4) is 0 Å². The number of amides is 2. The van der Waals surface area contributed by atoms with E-state index in [-0.39, 0.29) is 11.8 Å². The molecule has 0 aromatic heterocycles. The summed E-state index contributed by atoms with van der Waals surface area (Å²) in [6, 6.07) is 13.1. The lowest BCUT2D eigenvalue weighted by molar-refractivity contribution is -0.115. The zero-order chi connectivity index (χ0) is 18.4. The van der Waals surface area contributed by atoms with Gasteiger partial charge in [0.15, 0.2) is 0 Å². The molecule has 0 aliphatic rings. The Kier molecular flexibility index (Phi) is 6.34. The summed E-state index contributed by atoms with van der Waals surface area (Å²) in [5.41, 5.74) is 4.73. The van der Waals surface area contributed by atoms with Crippen LogP contribution in [-0.4, -0.2) is 29.8 Å². The normalized spacial score (nSPS) is 10.4. The quantitative estimate of drug-likeness (QED) is 0.866. The lowest BCUT2D eigenvalue weighted by Crippen LogP contribution is -2.30. The van der Waals surface area contributed by atoms with Crippen LogP contribution in [0.15, 0.2) is 42.5 Å². The summed E-state index contributed by atoms with van der Waals surface area (Å²) in [4.78, 5) is 26.3. The number of anilines is 1. The summed E-state index contributed by atoms with van der Waals surface area (Å²) < 4.78 is 0. The summed E-state index contributed by atoms with van der Waals surface area (Å²) >= 11 is 0. The molecule has 0 aliphatic carbocycles. The van der Waals surface area contributed by atoms with Gasteiger partial charge in [-0.25, -0.2) is 0 Å². The molecule has 0 heterocycles. The summed E-state index contributed by atoms with van der Waals surface area (Å²) in [5, 5.41) is 2.88. The average molecular weight is 338 g/mol. The first kappa shape index (κ1) is 18.7. The van der Waals surface area contributed by atoms with Gasteiger partial charge in [0.1, 0.15) is 0 Å². The Labute approximate surface area is 149 Å². The third-order valence-corrected chi connectivity index (χ3v) is 4.40. The molecule has 0 atom stereocenters. The van der Waals surface area contributed by atoms with E-state index in [2.05, 4.69) is 12.2 Å². The first-order valence-electron chi connectivity index (χ1n) is 8.70. The minimum absolute atomic E-state index is 0.0120. The van der Waals surface area contributed by atoms with Gasteiger partial charge < -0.3 is 10.2 Å². The summed E-state index contributed by atoms with van der Waals surface area (Å²) in [6.45, 7) is 9.39. The molecule has 0 bridgehead atoms. The lowest BCUT2D eigenvalue weighted by atomic mass is 10.0. The second kappa shape index (κ2) is 8.47. The molecule has 0 aliphatic heterocycles. The van der Waals surface area contributed by atoms with Crippen LogP contribution in [0.25, 0.3) is 0 Å². The van der Waals surface area contributed by atoms with E-state index in [1.165, 1.54) is 11.1 Å². The van der Waals surface area contributed by atoms with Crippen LogP contribution in [-0.2, 0) is 11.2 Å². The molecule has 132 valence electrons. The fourth-order valence-electron chi connectivity index (χ4n) is 2.69. The van der Waals surface area contributed by atoms with Crippen molar-refractivity contribution in [2.24, 2.45) is 0 Å². The number of nitrogens with one attached hydrogen (secondary N) is 1. The minimum atomic E-state index is -0.0638. The molecular formula is C21H26N2O2. The van der Waals surface area contributed by atoms with Crippen molar-refractivity contribution in [1.29, 1.82) is 0 Å². The average Bonchev–Trinajstić information content (AvgIpc) is 2.59. The van der Waals surface area contributed by atoms with Crippen molar-refractivity contribution >= 4 is 17.5 Å². The van der Waals surface area contributed by atoms with Gasteiger partial charge in [0, 0.05) is 24.3 Å². The number of hydrogen-bond donors (Lipinski definition) is 1. The lowest BCUT2D eigenvalue weighted by Gasteiger charge is -2.18. The summed E-state index contributed by atoms with van der Waals surface area (Å²) in [7, 11) is 0. The van der Waals surface area contributed by atoms with E-state index in [1.807, 2.05) is 39.0 Å². The SMILES string of the molecule is CCN(CC)C(=O)c1ccc(NC(=O)Cc2ccc(C)c(C)c2)cc1. The maximum absolute atomic E-state index is 12.3. The van der Waals surface area contributed by atoms with E-state index < -0.39 is 0 Å². The van der Waals surface area contributed by atoms with E-state index in [4.69, 9.17) is 0 Å². The van der Waals surface area contributed by atoms with E-state index in [0.717, 1.165) is 5.56 Å². The van der Waals surface area contributed by atoms with E-state index in [0.29, 0.717) is 30.8 Å². The van der Waals surface area contributed by atoms with Crippen LogP contribution in [0, 0.1) is 13.8 Å². The maximum Gasteiger partial charge on any atom is 0.253 e. The predicted octanol–water partition coefficient (Wildman–Crippen LogP) is 3.97. The molecule has 2 rings (SSSR count).